The van der Waals surface area contributed by atoms with Crippen LogP contribution in [-0.2, 0) is 9.53 Å². The number of nitrogens with two attached hydrogens (primary N) is 2. The standard InChI is InChI=1S/C29H34N6O4/c30-28-26(29(31)37)27(21-8-10-24(11-9-21)39-23-5-2-1-3-6-23)32-35(28)22-12-15-34(16-13-22)25(36)7-4-14-33-17-19-38-20-18-33/h1-11,22H,12-20,30H2,(H2,31,37). The van der Waals surface area contributed by atoms with E-state index in [-0.39, 0.29) is 23.3 Å². The predicted molar refractivity (Wildman–Crippen MR) is 148 cm³/mol. The van der Waals surface area contributed by atoms with Gasteiger partial charge in [-0.3, -0.25) is 14.5 Å². The fraction of sp³-hybridized carbons (Fsp3) is 0.345. The molecule has 0 bridgehead atoms. The minimum atomic E-state index is -0.628. The first-order chi connectivity index (χ1) is 19.0. The maximum absolute atomic E-state index is 12.7. The SMILES string of the molecule is NC(=O)c1c(-c2ccc(Oc3ccccc3)cc2)nn(C2CCN(C(=O)C=CCN3CCOCC3)CC2)c1N. The number of anilines is 1. The van der Waals surface area contributed by atoms with Gasteiger partial charge in [0.2, 0.25) is 5.91 Å². The molecule has 0 atom stereocenters. The molecule has 0 saturated carbocycles. The maximum atomic E-state index is 12.7. The summed E-state index contributed by atoms with van der Waals surface area (Å²) in [7, 11) is 0. The van der Waals surface area contributed by atoms with Crippen molar-refractivity contribution >= 4 is 17.6 Å². The lowest BCUT2D eigenvalue weighted by Crippen LogP contribution is -2.39. The smallest absolute Gasteiger partial charge is 0.254 e. The van der Waals surface area contributed by atoms with Crippen molar-refractivity contribution in [3.05, 3.63) is 72.3 Å². The van der Waals surface area contributed by atoms with Gasteiger partial charge in [0, 0.05) is 44.4 Å². The van der Waals surface area contributed by atoms with E-state index in [0.717, 1.165) is 38.6 Å². The summed E-state index contributed by atoms with van der Waals surface area (Å²) in [6.07, 6.45) is 4.94. The van der Waals surface area contributed by atoms with Crippen molar-refractivity contribution in [1.29, 1.82) is 0 Å². The van der Waals surface area contributed by atoms with Gasteiger partial charge in [0.1, 0.15) is 28.6 Å². The highest BCUT2D eigenvalue weighted by Crippen LogP contribution is 2.33. The summed E-state index contributed by atoms with van der Waals surface area (Å²) < 4.78 is 12.9. The molecule has 1 aromatic heterocycles. The van der Waals surface area contributed by atoms with Crippen molar-refractivity contribution in [3.63, 3.8) is 0 Å². The van der Waals surface area contributed by atoms with Gasteiger partial charge in [-0.15, -0.1) is 0 Å². The molecule has 4 N–H and O–H groups in total. The number of amides is 2. The van der Waals surface area contributed by atoms with Crippen LogP contribution in [0.15, 0.2) is 66.7 Å². The van der Waals surface area contributed by atoms with Crippen LogP contribution in [0, 0.1) is 0 Å². The van der Waals surface area contributed by atoms with Crippen molar-refractivity contribution in [3.8, 4) is 22.8 Å². The molecule has 0 spiro atoms. The molecule has 5 rings (SSSR count). The van der Waals surface area contributed by atoms with Gasteiger partial charge in [-0.05, 0) is 49.2 Å². The average molecular weight is 531 g/mol. The van der Waals surface area contributed by atoms with Crippen LogP contribution in [0.2, 0.25) is 0 Å². The van der Waals surface area contributed by atoms with E-state index < -0.39 is 5.91 Å². The second-order valence-corrected chi connectivity index (χ2v) is 9.73. The lowest BCUT2D eigenvalue weighted by Gasteiger charge is -2.32. The molecule has 2 aliphatic rings. The summed E-state index contributed by atoms with van der Waals surface area (Å²) in [5, 5.41) is 4.73. The first-order valence-corrected chi connectivity index (χ1v) is 13.3. The van der Waals surface area contributed by atoms with Gasteiger partial charge in [-0.2, -0.15) is 5.10 Å². The monoisotopic (exact) mass is 530 g/mol. The number of likely N-dealkylation sites (tertiary alicyclic amines) is 1. The number of piperidine rings is 1. The Morgan fingerprint density at radius 1 is 0.974 bits per heavy atom. The topological polar surface area (TPSA) is 129 Å². The molecule has 3 heterocycles. The van der Waals surface area contributed by atoms with Gasteiger partial charge < -0.3 is 25.8 Å². The molecular formula is C29H34N6O4. The molecule has 10 heteroatoms. The van der Waals surface area contributed by atoms with Crippen LogP contribution >= 0.6 is 0 Å². The summed E-state index contributed by atoms with van der Waals surface area (Å²) in [5.41, 5.74) is 13.5. The van der Waals surface area contributed by atoms with Gasteiger partial charge in [0.15, 0.2) is 0 Å². The molecule has 2 aromatic carbocycles. The third-order valence-corrected chi connectivity index (χ3v) is 7.15. The highest BCUT2D eigenvalue weighted by molar-refractivity contribution is 6.03. The van der Waals surface area contributed by atoms with E-state index in [1.807, 2.05) is 65.6 Å². The Hall–Kier alpha value is -4.15. The summed E-state index contributed by atoms with van der Waals surface area (Å²) in [6.45, 7) is 5.15. The molecule has 2 fully saturated rings. The van der Waals surface area contributed by atoms with Crippen LogP contribution < -0.4 is 16.2 Å². The van der Waals surface area contributed by atoms with E-state index in [9.17, 15) is 9.59 Å². The number of rotatable bonds is 8. The Labute approximate surface area is 227 Å². The van der Waals surface area contributed by atoms with Gasteiger partial charge in [-0.1, -0.05) is 24.3 Å². The van der Waals surface area contributed by atoms with Crippen LogP contribution in [0.1, 0.15) is 29.2 Å². The molecule has 10 nitrogen and oxygen atoms in total. The quantitative estimate of drug-likeness (QED) is 0.428. The number of para-hydroxylation sites is 1. The maximum Gasteiger partial charge on any atom is 0.254 e. The fourth-order valence-corrected chi connectivity index (χ4v) is 5.00. The summed E-state index contributed by atoms with van der Waals surface area (Å²) >= 11 is 0. The summed E-state index contributed by atoms with van der Waals surface area (Å²) in [6, 6.07) is 16.8. The minimum Gasteiger partial charge on any atom is -0.457 e. The van der Waals surface area contributed by atoms with E-state index in [1.54, 1.807) is 10.8 Å². The number of morpholine rings is 1. The number of hydrogen-bond donors (Lipinski definition) is 2. The summed E-state index contributed by atoms with van der Waals surface area (Å²) in [5.74, 6) is 1.02. The second kappa shape index (κ2) is 12.1. The highest BCUT2D eigenvalue weighted by Gasteiger charge is 2.29. The van der Waals surface area contributed by atoms with Gasteiger partial charge in [0.25, 0.3) is 5.91 Å². The van der Waals surface area contributed by atoms with Gasteiger partial charge >= 0.3 is 0 Å². The number of primary amides is 1. The van der Waals surface area contributed by atoms with Crippen molar-refractivity contribution in [1.82, 2.24) is 19.6 Å². The Kier molecular flexibility index (Phi) is 8.24. The minimum absolute atomic E-state index is 0.00599. The molecule has 204 valence electrons. The Morgan fingerprint density at radius 3 is 2.31 bits per heavy atom. The molecule has 3 aromatic rings. The molecular weight excluding hydrogens is 496 g/mol. The van der Waals surface area contributed by atoms with E-state index in [2.05, 4.69) is 4.90 Å². The van der Waals surface area contributed by atoms with Gasteiger partial charge in [-0.25, -0.2) is 4.68 Å². The zero-order chi connectivity index (χ0) is 27.2. The average Bonchev–Trinajstić information content (AvgIpc) is 3.32. The van der Waals surface area contributed by atoms with Gasteiger partial charge in [0.05, 0.1) is 19.3 Å². The number of aromatic nitrogens is 2. The number of hydrogen-bond acceptors (Lipinski definition) is 7. The molecule has 0 unspecified atom stereocenters. The largest absolute Gasteiger partial charge is 0.457 e. The molecule has 0 radical (unpaired) electrons. The molecule has 39 heavy (non-hydrogen) atoms. The Bertz CT molecular complexity index is 1310. The van der Waals surface area contributed by atoms with E-state index in [4.69, 9.17) is 26.0 Å². The van der Waals surface area contributed by atoms with E-state index >= 15 is 0 Å². The molecule has 0 aliphatic carbocycles. The van der Waals surface area contributed by atoms with Crippen molar-refractivity contribution < 1.29 is 19.1 Å². The zero-order valence-corrected chi connectivity index (χ0v) is 21.9. The second-order valence-electron chi connectivity index (χ2n) is 9.73. The number of nitrogens with zero attached hydrogens (tertiary/aromatic N) is 4. The summed E-state index contributed by atoms with van der Waals surface area (Å²) in [4.78, 5) is 29.2. The van der Waals surface area contributed by atoms with Crippen LogP contribution in [0.5, 0.6) is 11.5 Å². The lowest BCUT2D eigenvalue weighted by molar-refractivity contribution is -0.127. The number of carbonyl (C=O) groups is 2. The molecule has 2 amide bonds. The highest BCUT2D eigenvalue weighted by atomic mass is 16.5. The van der Waals surface area contributed by atoms with Crippen LogP contribution in [0.25, 0.3) is 11.3 Å². The Morgan fingerprint density at radius 2 is 1.64 bits per heavy atom. The number of benzene rings is 2. The van der Waals surface area contributed by atoms with Crippen LogP contribution in [-0.4, -0.2) is 77.3 Å². The third kappa shape index (κ3) is 6.30. The predicted octanol–water partition coefficient (Wildman–Crippen LogP) is 3.08. The fourth-order valence-electron chi connectivity index (χ4n) is 5.00. The normalized spacial score (nSPS) is 17.0. The number of carbonyl (C=O) groups excluding carboxylic acids is 2. The molecule has 2 aliphatic heterocycles. The third-order valence-electron chi connectivity index (χ3n) is 7.15. The molecule has 2 saturated heterocycles. The lowest BCUT2D eigenvalue weighted by atomic mass is 10.0. The van der Waals surface area contributed by atoms with Crippen molar-refractivity contribution in [2.24, 2.45) is 5.73 Å². The first-order valence-electron chi connectivity index (χ1n) is 13.3. The van der Waals surface area contributed by atoms with E-state index in [0.29, 0.717) is 42.9 Å². The van der Waals surface area contributed by atoms with Crippen molar-refractivity contribution in [2.45, 2.75) is 18.9 Å². The van der Waals surface area contributed by atoms with Crippen LogP contribution in [0.4, 0.5) is 5.82 Å². The zero-order valence-electron chi connectivity index (χ0n) is 21.9. The first kappa shape index (κ1) is 26.5. The van der Waals surface area contributed by atoms with E-state index in [1.165, 1.54) is 0 Å². The Balaban J connectivity index is 1.24. The number of nitrogen functional groups attached to an aromatic ring is 1. The van der Waals surface area contributed by atoms with Crippen LogP contribution in [0.3, 0.4) is 0 Å². The number of ether oxygens (including phenoxy) is 2. The van der Waals surface area contributed by atoms with Crippen molar-refractivity contribution in [2.75, 3.05) is 51.7 Å².